The van der Waals surface area contributed by atoms with Gasteiger partial charge in [-0.25, -0.2) is 15.0 Å². The topological polar surface area (TPSA) is 62.5 Å². The number of hydrogen-bond acceptors (Lipinski definition) is 5. The molecule has 2 aliphatic rings. The summed E-state index contributed by atoms with van der Waals surface area (Å²) < 4.78 is 2.33. The smallest absolute Gasteiger partial charge is 0.164 e. The van der Waals surface area contributed by atoms with E-state index in [4.69, 9.17) is 15.0 Å². The number of rotatable bonds is 5. The standard InChI is InChI=1S/C45H38N4S/c1-28-20-31-21-29(2)25-45(24-28,26-31)35-16-13-32(14-17-35)36-10-6-7-11-37(36)44-48-42(33-8-4-3-5-9-33)47-43(49-44)34-15-19-41-39(23-34)38-22-30(27-46)12-18-40(38)50-41/h3-19,22-23,28-29,31H,20-21,24-26H2,1-2H3/t28-,29+,31?,45?. The first kappa shape index (κ1) is 30.8. The largest absolute Gasteiger partial charge is 0.208 e. The van der Waals surface area contributed by atoms with Gasteiger partial charge in [0.25, 0.3) is 0 Å². The third kappa shape index (κ3) is 5.49. The molecular weight excluding hydrogens is 629 g/mol. The Morgan fingerprint density at radius 1 is 0.600 bits per heavy atom. The highest BCUT2D eigenvalue weighted by atomic mass is 32.1. The van der Waals surface area contributed by atoms with Crippen LogP contribution in [0.4, 0.5) is 0 Å². The minimum absolute atomic E-state index is 0.302. The van der Waals surface area contributed by atoms with Crippen LogP contribution in [0.2, 0.25) is 0 Å². The van der Waals surface area contributed by atoms with Crippen molar-refractivity contribution in [1.82, 2.24) is 15.0 Å². The molecule has 244 valence electrons. The third-order valence-electron chi connectivity index (χ3n) is 11.1. The Labute approximate surface area is 297 Å². The van der Waals surface area contributed by atoms with E-state index in [0.29, 0.717) is 28.5 Å². The molecule has 2 fully saturated rings. The quantitative estimate of drug-likeness (QED) is 0.183. The lowest BCUT2D eigenvalue weighted by atomic mass is 9.54. The lowest BCUT2D eigenvalue weighted by Crippen LogP contribution is -2.42. The first-order chi connectivity index (χ1) is 24.4. The van der Waals surface area contributed by atoms with Gasteiger partial charge in [-0.05, 0) is 108 Å². The fourth-order valence-electron chi connectivity index (χ4n) is 9.32. The monoisotopic (exact) mass is 666 g/mol. The van der Waals surface area contributed by atoms with Crippen LogP contribution in [-0.4, -0.2) is 15.0 Å². The van der Waals surface area contributed by atoms with E-state index < -0.39 is 0 Å². The molecule has 0 radical (unpaired) electrons. The molecule has 2 saturated carbocycles. The summed E-state index contributed by atoms with van der Waals surface area (Å²) >= 11 is 1.74. The lowest BCUT2D eigenvalue weighted by molar-refractivity contribution is 0.0780. The fraction of sp³-hybridized carbons (Fsp3) is 0.244. The molecule has 4 nitrogen and oxygen atoms in total. The predicted molar refractivity (Wildman–Crippen MR) is 206 cm³/mol. The zero-order valence-corrected chi connectivity index (χ0v) is 29.3. The zero-order valence-electron chi connectivity index (χ0n) is 28.4. The van der Waals surface area contributed by atoms with Gasteiger partial charge in [-0.3, -0.25) is 0 Å². The molecule has 0 aliphatic heterocycles. The predicted octanol–water partition coefficient (Wildman–Crippen LogP) is 11.9. The van der Waals surface area contributed by atoms with Crippen LogP contribution in [-0.2, 0) is 5.41 Å². The second kappa shape index (κ2) is 12.3. The van der Waals surface area contributed by atoms with Gasteiger partial charge in [0.15, 0.2) is 17.5 Å². The molecule has 5 heteroatoms. The summed E-state index contributed by atoms with van der Waals surface area (Å²) in [4.78, 5) is 15.3. The number of hydrogen-bond donors (Lipinski definition) is 0. The number of nitriles is 1. The van der Waals surface area contributed by atoms with Gasteiger partial charge in [-0.2, -0.15) is 5.26 Å². The Morgan fingerprint density at radius 2 is 1.20 bits per heavy atom. The summed E-state index contributed by atoms with van der Waals surface area (Å²) in [6, 6.07) is 42.7. The van der Waals surface area contributed by atoms with E-state index in [1.165, 1.54) is 47.9 Å². The van der Waals surface area contributed by atoms with Gasteiger partial charge in [0.1, 0.15) is 0 Å². The van der Waals surface area contributed by atoms with Crippen LogP contribution in [0.1, 0.15) is 57.1 Å². The Morgan fingerprint density at radius 3 is 1.92 bits per heavy atom. The molecule has 9 rings (SSSR count). The van der Waals surface area contributed by atoms with Gasteiger partial charge in [-0.15, -0.1) is 11.3 Å². The van der Waals surface area contributed by atoms with Crippen molar-refractivity contribution in [3.05, 3.63) is 126 Å². The van der Waals surface area contributed by atoms with Crippen LogP contribution in [0.5, 0.6) is 0 Å². The highest BCUT2D eigenvalue weighted by Gasteiger charge is 2.45. The van der Waals surface area contributed by atoms with Crippen LogP contribution in [0.15, 0.2) is 115 Å². The molecule has 2 heterocycles. The second-order valence-corrected chi connectivity index (χ2v) is 16.0. The normalized spacial score (nSPS) is 21.7. The maximum atomic E-state index is 9.57. The highest BCUT2D eigenvalue weighted by Crippen LogP contribution is 2.54. The summed E-state index contributed by atoms with van der Waals surface area (Å²) in [5.74, 6) is 4.35. The first-order valence-electron chi connectivity index (χ1n) is 17.8. The minimum atomic E-state index is 0.302. The highest BCUT2D eigenvalue weighted by molar-refractivity contribution is 7.25. The number of nitrogens with zero attached hydrogens (tertiary/aromatic N) is 4. The van der Waals surface area contributed by atoms with Gasteiger partial charge in [-0.1, -0.05) is 92.7 Å². The van der Waals surface area contributed by atoms with Gasteiger partial charge in [0.05, 0.1) is 11.6 Å². The number of benzene rings is 5. The van der Waals surface area contributed by atoms with Gasteiger partial charge < -0.3 is 0 Å². The fourth-order valence-corrected chi connectivity index (χ4v) is 10.4. The average molecular weight is 667 g/mol. The Balaban J connectivity index is 1.15. The Hall–Kier alpha value is -5.18. The van der Waals surface area contributed by atoms with Gasteiger partial charge >= 0.3 is 0 Å². The van der Waals surface area contributed by atoms with Crippen molar-refractivity contribution in [2.75, 3.05) is 0 Å². The third-order valence-corrected chi connectivity index (χ3v) is 12.3. The van der Waals surface area contributed by atoms with Gasteiger partial charge in [0, 0.05) is 36.9 Å². The molecular formula is C45H38N4S. The van der Waals surface area contributed by atoms with E-state index in [1.807, 2.05) is 36.4 Å². The first-order valence-corrected chi connectivity index (χ1v) is 18.6. The zero-order chi connectivity index (χ0) is 33.8. The maximum absolute atomic E-state index is 9.57. The van der Waals surface area contributed by atoms with E-state index in [1.54, 1.807) is 11.3 Å². The van der Waals surface area contributed by atoms with Crippen molar-refractivity contribution < 1.29 is 0 Å². The van der Waals surface area contributed by atoms with Crippen LogP contribution >= 0.6 is 11.3 Å². The summed E-state index contributed by atoms with van der Waals surface area (Å²) in [7, 11) is 0. The van der Waals surface area contributed by atoms with Crippen molar-refractivity contribution in [3.8, 4) is 51.4 Å². The molecule has 2 bridgehead atoms. The Bertz CT molecular complexity index is 2400. The number of thiophene rings is 1. The van der Waals surface area contributed by atoms with Crippen LogP contribution in [0.3, 0.4) is 0 Å². The number of aromatic nitrogens is 3. The molecule has 4 atom stereocenters. The van der Waals surface area contributed by atoms with E-state index in [-0.39, 0.29) is 0 Å². The second-order valence-electron chi connectivity index (χ2n) is 14.9. The molecule has 50 heavy (non-hydrogen) atoms. The molecule has 5 aromatic carbocycles. The summed E-state index contributed by atoms with van der Waals surface area (Å²) in [6.45, 7) is 4.92. The van der Waals surface area contributed by atoms with E-state index >= 15 is 0 Å². The van der Waals surface area contributed by atoms with Gasteiger partial charge in [0.2, 0.25) is 0 Å². The summed E-state index contributed by atoms with van der Waals surface area (Å²) in [5.41, 5.74) is 7.61. The van der Waals surface area contributed by atoms with E-state index in [2.05, 4.69) is 98.8 Å². The molecule has 0 spiro atoms. The molecule has 2 aliphatic carbocycles. The van der Waals surface area contributed by atoms with E-state index in [9.17, 15) is 5.26 Å². The minimum Gasteiger partial charge on any atom is -0.208 e. The Kier molecular flexibility index (Phi) is 7.59. The van der Waals surface area contributed by atoms with Crippen LogP contribution < -0.4 is 0 Å². The average Bonchev–Trinajstić information content (AvgIpc) is 3.51. The van der Waals surface area contributed by atoms with Crippen molar-refractivity contribution in [1.29, 1.82) is 5.26 Å². The van der Waals surface area contributed by atoms with Crippen LogP contribution in [0, 0.1) is 29.1 Å². The summed E-state index contributed by atoms with van der Waals surface area (Å²) in [6.07, 6.45) is 6.70. The molecule has 0 N–H and O–H groups in total. The number of fused-ring (bicyclic) bond motifs is 5. The van der Waals surface area contributed by atoms with Crippen molar-refractivity contribution in [2.45, 2.75) is 51.4 Å². The SMILES string of the molecule is C[C@@H]1CC2C[C@H](C)CC(c3ccc(-c4ccccc4-c4nc(-c5ccccc5)nc(-c5ccc6sc7ccc(C#N)cc7c6c5)n4)cc3)(C2)C1. The van der Waals surface area contributed by atoms with Crippen LogP contribution in [0.25, 0.3) is 65.5 Å². The molecule has 2 aromatic heterocycles. The van der Waals surface area contributed by atoms with E-state index in [0.717, 1.165) is 55.5 Å². The summed E-state index contributed by atoms with van der Waals surface area (Å²) in [5, 5.41) is 11.8. The molecule has 0 saturated heterocycles. The molecule has 0 amide bonds. The molecule has 7 aromatic rings. The maximum Gasteiger partial charge on any atom is 0.164 e. The molecule has 2 unspecified atom stereocenters. The van der Waals surface area contributed by atoms with Crippen molar-refractivity contribution in [3.63, 3.8) is 0 Å². The van der Waals surface area contributed by atoms with Crippen molar-refractivity contribution in [2.24, 2.45) is 17.8 Å². The lowest BCUT2D eigenvalue weighted by Gasteiger charge is -2.50. The van der Waals surface area contributed by atoms with Crippen molar-refractivity contribution >= 4 is 31.5 Å².